The van der Waals surface area contributed by atoms with Crippen LogP contribution in [0.5, 0.6) is 5.75 Å². The normalized spacial score (nSPS) is 11.5. The molecule has 1 unspecified atom stereocenters. The molecule has 3 rings (SSSR count). The third-order valence-corrected chi connectivity index (χ3v) is 6.07. The summed E-state index contributed by atoms with van der Waals surface area (Å²) < 4.78 is 18.9. The molecule has 1 heterocycles. The number of halogens is 1. The number of thioether (sulfide) groups is 1. The SMILES string of the molecule is CC(Oc1ccccc1F)C(=O)NNC(=O)c1ccccc1SCc1cccs1. The molecule has 0 spiro atoms. The van der Waals surface area contributed by atoms with Crippen LogP contribution in [0.1, 0.15) is 22.2 Å². The predicted octanol–water partition coefficient (Wildman–Crippen LogP) is 4.41. The summed E-state index contributed by atoms with van der Waals surface area (Å²) in [7, 11) is 0. The molecule has 5 nitrogen and oxygen atoms in total. The van der Waals surface area contributed by atoms with Gasteiger partial charge in [0.25, 0.3) is 11.8 Å². The standard InChI is InChI=1S/C21H19FN2O3S2/c1-14(27-18-10-4-3-9-17(18)22)20(25)23-24-21(26)16-8-2-5-11-19(16)29-13-15-7-6-12-28-15/h2-12,14H,13H2,1H3,(H,23,25)(H,24,26). The fourth-order valence-electron chi connectivity index (χ4n) is 2.40. The molecule has 0 aliphatic heterocycles. The van der Waals surface area contributed by atoms with Crippen molar-refractivity contribution in [2.45, 2.75) is 23.7 Å². The van der Waals surface area contributed by atoms with Gasteiger partial charge in [0.15, 0.2) is 17.7 Å². The maximum absolute atomic E-state index is 13.6. The second kappa shape index (κ2) is 10.1. The van der Waals surface area contributed by atoms with Gasteiger partial charge in [0.2, 0.25) is 0 Å². The van der Waals surface area contributed by atoms with Gasteiger partial charge >= 0.3 is 0 Å². The van der Waals surface area contributed by atoms with Gasteiger partial charge in [-0.3, -0.25) is 20.4 Å². The molecule has 0 radical (unpaired) electrons. The summed E-state index contributed by atoms with van der Waals surface area (Å²) in [5, 5.41) is 2.01. The number of benzene rings is 2. The molecule has 0 aliphatic rings. The zero-order valence-corrected chi connectivity index (χ0v) is 17.2. The van der Waals surface area contributed by atoms with E-state index in [1.54, 1.807) is 41.3 Å². The third-order valence-electron chi connectivity index (χ3n) is 3.89. The lowest BCUT2D eigenvalue weighted by Crippen LogP contribution is -2.47. The summed E-state index contributed by atoms with van der Waals surface area (Å²) in [6, 6.07) is 17.0. The van der Waals surface area contributed by atoms with Crippen molar-refractivity contribution in [2.75, 3.05) is 0 Å². The molecular formula is C21H19FN2O3S2. The smallest absolute Gasteiger partial charge is 0.279 e. The highest BCUT2D eigenvalue weighted by Gasteiger charge is 2.18. The number of carbonyl (C=O) groups excluding carboxylic acids is 2. The quantitative estimate of drug-likeness (QED) is 0.430. The van der Waals surface area contributed by atoms with E-state index in [4.69, 9.17) is 4.74 Å². The minimum Gasteiger partial charge on any atom is -0.478 e. The summed E-state index contributed by atoms with van der Waals surface area (Å²) >= 11 is 3.20. The van der Waals surface area contributed by atoms with E-state index in [1.807, 2.05) is 29.6 Å². The number of thiophene rings is 1. The monoisotopic (exact) mass is 430 g/mol. The van der Waals surface area contributed by atoms with E-state index < -0.39 is 23.7 Å². The first-order valence-electron chi connectivity index (χ1n) is 8.80. The molecule has 0 saturated carbocycles. The minimum absolute atomic E-state index is 0.0307. The Morgan fingerprint density at radius 1 is 1.07 bits per heavy atom. The summed E-state index contributed by atoms with van der Waals surface area (Å²) in [4.78, 5) is 26.7. The maximum atomic E-state index is 13.6. The highest BCUT2D eigenvalue weighted by Crippen LogP contribution is 2.27. The number of rotatable bonds is 7. The number of carbonyl (C=O) groups is 2. The number of hydrazine groups is 1. The van der Waals surface area contributed by atoms with Crippen LogP contribution >= 0.6 is 23.1 Å². The predicted molar refractivity (Wildman–Crippen MR) is 112 cm³/mol. The van der Waals surface area contributed by atoms with E-state index in [9.17, 15) is 14.0 Å². The average Bonchev–Trinajstić information content (AvgIpc) is 3.25. The number of nitrogens with one attached hydrogen (secondary N) is 2. The largest absolute Gasteiger partial charge is 0.478 e. The van der Waals surface area contributed by atoms with Crippen LogP contribution in [-0.2, 0) is 10.5 Å². The topological polar surface area (TPSA) is 67.4 Å². The van der Waals surface area contributed by atoms with Gasteiger partial charge in [-0.05, 0) is 42.6 Å². The van der Waals surface area contributed by atoms with Gasteiger partial charge in [-0.25, -0.2) is 4.39 Å². The van der Waals surface area contributed by atoms with Crippen LogP contribution in [0.15, 0.2) is 70.9 Å². The molecule has 0 aliphatic carbocycles. The van der Waals surface area contributed by atoms with Crippen LogP contribution in [0.25, 0.3) is 0 Å². The van der Waals surface area contributed by atoms with Crippen molar-refractivity contribution in [3.8, 4) is 5.75 Å². The molecule has 0 fully saturated rings. The Balaban J connectivity index is 1.56. The van der Waals surface area contributed by atoms with Crippen LogP contribution in [0.2, 0.25) is 0 Å². The zero-order valence-electron chi connectivity index (χ0n) is 15.6. The Kier molecular flexibility index (Phi) is 7.26. The molecule has 2 N–H and O–H groups in total. The van der Waals surface area contributed by atoms with E-state index in [-0.39, 0.29) is 5.75 Å². The van der Waals surface area contributed by atoms with Gasteiger partial charge in [-0.15, -0.1) is 23.1 Å². The maximum Gasteiger partial charge on any atom is 0.279 e. The van der Waals surface area contributed by atoms with Gasteiger partial charge in [0.1, 0.15) is 0 Å². The fourth-order valence-corrected chi connectivity index (χ4v) is 4.22. The lowest BCUT2D eigenvalue weighted by Gasteiger charge is -2.16. The van der Waals surface area contributed by atoms with Crippen molar-refractivity contribution in [2.24, 2.45) is 0 Å². The molecule has 1 atom stereocenters. The number of ether oxygens (including phenoxy) is 1. The first kappa shape index (κ1) is 20.9. The van der Waals surface area contributed by atoms with E-state index in [2.05, 4.69) is 10.9 Å². The van der Waals surface area contributed by atoms with Crippen LogP contribution < -0.4 is 15.6 Å². The van der Waals surface area contributed by atoms with Gasteiger partial charge in [-0.1, -0.05) is 30.3 Å². The zero-order chi connectivity index (χ0) is 20.6. The van der Waals surface area contributed by atoms with E-state index in [0.717, 1.165) is 10.6 Å². The number of hydrogen-bond acceptors (Lipinski definition) is 5. The second-order valence-corrected chi connectivity index (χ2v) is 8.05. The van der Waals surface area contributed by atoms with Crippen molar-refractivity contribution < 1.29 is 18.7 Å². The van der Waals surface area contributed by atoms with E-state index in [1.165, 1.54) is 30.0 Å². The van der Waals surface area contributed by atoms with Crippen LogP contribution in [0.4, 0.5) is 4.39 Å². The van der Waals surface area contributed by atoms with Gasteiger partial charge in [0.05, 0.1) is 5.56 Å². The Morgan fingerprint density at radius 3 is 2.59 bits per heavy atom. The molecule has 3 aromatic rings. The summed E-state index contributed by atoms with van der Waals surface area (Å²) in [5.74, 6) is -0.873. The first-order chi connectivity index (χ1) is 14.0. The fraction of sp³-hybridized carbons (Fsp3) is 0.143. The molecule has 29 heavy (non-hydrogen) atoms. The summed E-state index contributed by atoms with van der Waals surface area (Å²) in [5.41, 5.74) is 5.17. The Morgan fingerprint density at radius 2 is 1.83 bits per heavy atom. The van der Waals surface area contributed by atoms with E-state index >= 15 is 0 Å². The lowest BCUT2D eigenvalue weighted by atomic mass is 10.2. The molecule has 150 valence electrons. The van der Waals surface area contributed by atoms with Crippen LogP contribution in [-0.4, -0.2) is 17.9 Å². The van der Waals surface area contributed by atoms with Crippen molar-refractivity contribution >= 4 is 34.9 Å². The summed E-state index contributed by atoms with van der Waals surface area (Å²) in [6.07, 6.45) is -0.990. The summed E-state index contributed by atoms with van der Waals surface area (Å²) in [6.45, 7) is 1.47. The molecular weight excluding hydrogens is 411 g/mol. The second-order valence-electron chi connectivity index (χ2n) is 6.00. The van der Waals surface area contributed by atoms with Crippen molar-refractivity contribution in [3.05, 3.63) is 82.3 Å². The Bertz CT molecular complexity index is 980. The molecule has 2 aromatic carbocycles. The van der Waals surface area contributed by atoms with Gasteiger partial charge < -0.3 is 4.74 Å². The van der Waals surface area contributed by atoms with Crippen molar-refractivity contribution in [1.29, 1.82) is 0 Å². The average molecular weight is 431 g/mol. The highest BCUT2D eigenvalue weighted by molar-refractivity contribution is 7.98. The number of hydrogen-bond donors (Lipinski definition) is 2. The van der Waals surface area contributed by atoms with Crippen molar-refractivity contribution in [1.82, 2.24) is 10.9 Å². The molecule has 0 saturated heterocycles. The number of amides is 2. The van der Waals surface area contributed by atoms with Crippen LogP contribution in [0.3, 0.4) is 0 Å². The molecule has 0 bridgehead atoms. The molecule has 1 aromatic heterocycles. The first-order valence-corrected chi connectivity index (χ1v) is 10.7. The minimum atomic E-state index is -0.990. The lowest BCUT2D eigenvalue weighted by molar-refractivity contribution is -0.128. The van der Waals surface area contributed by atoms with Crippen LogP contribution in [0, 0.1) is 5.82 Å². The molecule has 2 amide bonds. The Labute approximate surface area is 176 Å². The third kappa shape index (κ3) is 5.82. The van der Waals surface area contributed by atoms with Gasteiger partial charge in [0, 0.05) is 15.5 Å². The Hall–Kier alpha value is -2.84. The highest BCUT2D eigenvalue weighted by atomic mass is 32.2. The van der Waals surface area contributed by atoms with Gasteiger partial charge in [-0.2, -0.15) is 0 Å². The van der Waals surface area contributed by atoms with Crippen molar-refractivity contribution in [3.63, 3.8) is 0 Å². The van der Waals surface area contributed by atoms with E-state index in [0.29, 0.717) is 5.56 Å². The molecule has 8 heteroatoms. The number of para-hydroxylation sites is 1.